The minimum atomic E-state index is -0.0377. The fourth-order valence-corrected chi connectivity index (χ4v) is 4.03. The number of aryl methyl sites for hydroxylation is 1. The van der Waals surface area contributed by atoms with Crippen molar-refractivity contribution in [1.82, 2.24) is 19.9 Å². The second-order valence-corrected chi connectivity index (χ2v) is 7.12. The SMILES string of the molecule is Cc1nc(-c2ccccn2)sc1C(=O)N1CCc2ncc(C=O)cc2C1. The Morgan fingerprint density at radius 1 is 1.31 bits per heavy atom. The summed E-state index contributed by atoms with van der Waals surface area (Å²) in [6, 6.07) is 7.45. The molecule has 1 aliphatic rings. The van der Waals surface area contributed by atoms with Crippen LogP contribution in [0.1, 0.15) is 37.0 Å². The van der Waals surface area contributed by atoms with Crippen LogP contribution in [0.15, 0.2) is 36.7 Å². The Bertz CT molecular complexity index is 984. The lowest BCUT2D eigenvalue weighted by atomic mass is 10.0. The highest BCUT2D eigenvalue weighted by Gasteiger charge is 2.26. The summed E-state index contributed by atoms with van der Waals surface area (Å²) in [5.74, 6) is -0.0377. The fraction of sp³-hybridized carbons (Fsp3) is 0.211. The quantitative estimate of drug-likeness (QED) is 0.668. The van der Waals surface area contributed by atoms with Crippen molar-refractivity contribution >= 4 is 23.5 Å². The van der Waals surface area contributed by atoms with Crippen molar-refractivity contribution in [3.63, 3.8) is 0 Å². The molecule has 0 atom stereocenters. The number of amides is 1. The number of pyridine rings is 2. The smallest absolute Gasteiger partial charge is 0.266 e. The number of thiazole rings is 1. The Balaban J connectivity index is 1.60. The molecule has 0 radical (unpaired) electrons. The first-order valence-corrected chi connectivity index (χ1v) is 9.08. The number of nitrogens with zero attached hydrogens (tertiary/aromatic N) is 4. The van der Waals surface area contributed by atoms with Gasteiger partial charge >= 0.3 is 0 Å². The third-order valence-corrected chi connectivity index (χ3v) is 5.53. The summed E-state index contributed by atoms with van der Waals surface area (Å²) in [6.45, 7) is 2.91. The van der Waals surface area contributed by atoms with E-state index in [1.807, 2.05) is 31.2 Å². The van der Waals surface area contributed by atoms with Gasteiger partial charge in [0.15, 0.2) is 6.29 Å². The standard InChI is InChI=1S/C19H16N4O2S/c1-12-17(26-18(22-12)16-4-2-3-6-20-16)19(25)23-7-5-15-14(10-23)8-13(11-24)9-21-15/h2-4,6,8-9,11H,5,7,10H2,1H3. The maximum absolute atomic E-state index is 13.0. The minimum Gasteiger partial charge on any atom is -0.333 e. The molecule has 3 aromatic rings. The first kappa shape index (κ1) is 16.5. The summed E-state index contributed by atoms with van der Waals surface area (Å²) in [4.78, 5) is 39.6. The van der Waals surface area contributed by atoms with Gasteiger partial charge in [-0.2, -0.15) is 0 Å². The van der Waals surface area contributed by atoms with Crippen molar-refractivity contribution in [2.24, 2.45) is 0 Å². The maximum atomic E-state index is 13.0. The van der Waals surface area contributed by atoms with Gasteiger partial charge in [0.2, 0.25) is 0 Å². The topological polar surface area (TPSA) is 76.1 Å². The highest BCUT2D eigenvalue weighted by molar-refractivity contribution is 7.17. The zero-order valence-corrected chi connectivity index (χ0v) is 15.0. The van der Waals surface area contributed by atoms with Gasteiger partial charge in [-0.1, -0.05) is 6.07 Å². The number of hydrogen-bond donors (Lipinski definition) is 0. The van der Waals surface area contributed by atoms with E-state index in [2.05, 4.69) is 15.0 Å². The van der Waals surface area contributed by atoms with Crippen LogP contribution in [0.5, 0.6) is 0 Å². The molecule has 0 unspecified atom stereocenters. The Kier molecular flexibility index (Phi) is 4.30. The van der Waals surface area contributed by atoms with E-state index < -0.39 is 0 Å². The van der Waals surface area contributed by atoms with Gasteiger partial charge in [0.1, 0.15) is 9.88 Å². The summed E-state index contributed by atoms with van der Waals surface area (Å²) in [5.41, 5.74) is 3.90. The van der Waals surface area contributed by atoms with E-state index in [1.54, 1.807) is 17.3 Å². The lowest BCUT2D eigenvalue weighted by Crippen LogP contribution is -2.36. The normalized spacial score (nSPS) is 13.3. The molecule has 0 N–H and O–H groups in total. The van der Waals surface area contributed by atoms with E-state index in [0.717, 1.165) is 28.2 Å². The molecule has 0 aromatic carbocycles. The molecule has 0 saturated heterocycles. The molecule has 130 valence electrons. The second kappa shape index (κ2) is 6.76. The largest absolute Gasteiger partial charge is 0.333 e. The minimum absolute atomic E-state index is 0.0377. The molecule has 7 heteroatoms. The highest BCUT2D eigenvalue weighted by Crippen LogP contribution is 2.29. The first-order chi connectivity index (χ1) is 12.7. The highest BCUT2D eigenvalue weighted by atomic mass is 32.1. The third-order valence-electron chi connectivity index (χ3n) is 4.36. The van der Waals surface area contributed by atoms with Crippen molar-refractivity contribution in [1.29, 1.82) is 0 Å². The second-order valence-electron chi connectivity index (χ2n) is 6.12. The predicted molar refractivity (Wildman–Crippen MR) is 98.2 cm³/mol. The number of hydrogen-bond acceptors (Lipinski definition) is 6. The predicted octanol–water partition coefficient (Wildman–Crippen LogP) is 2.92. The molecule has 1 aliphatic heterocycles. The van der Waals surface area contributed by atoms with E-state index in [-0.39, 0.29) is 5.91 Å². The van der Waals surface area contributed by atoms with Gasteiger partial charge in [0, 0.05) is 43.2 Å². The average Bonchev–Trinajstić information content (AvgIpc) is 3.09. The molecule has 6 nitrogen and oxygen atoms in total. The van der Waals surface area contributed by atoms with Crippen LogP contribution < -0.4 is 0 Å². The summed E-state index contributed by atoms with van der Waals surface area (Å²) in [7, 11) is 0. The molecular formula is C19H16N4O2S. The van der Waals surface area contributed by atoms with Crippen molar-refractivity contribution in [3.05, 3.63) is 64.1 Å². The number of carbonyl (C=O) groups is 2. The van der Waals surface area contributed by atoms with Crippen molar-refractivity contribution in [2.75, 3.05) is 6.54 Å². The molecule has 4 rings (SSSR count). The Labute approximate surface area is 154 Å². The van der Waals surface area contributed by atoms with Gasteiger partial charge in [0.05, 0.1) is 11.4 Å². The van der Waals surface area contributed by atoms with Crippen LogP contribution in [0, 0.1) is 6.92 Å². The fourth-order valence-electron chi connectivity index (χ4n) is 3.02. The van der Waals surface area contributed by atoms with Gasteiger partial charge < -0.3 is 4.90 Å². The summed E-state index contributed by atoms with van der Waals surface area (Å²) < 4.78 is 0. The monoisotopic (exact) mass is 364 g/mol. The molecular weight excluding hydrogens is 348 g/mol. The molecule has 0 fully saturated rings. The van der Waals surface area contributed by atoms with Gasteiger partial charge in [-0.05, 0) is 30.7 Å². The van der Waals surface area contributed by atoms with E-state index in [4.69, 9.17) is 0 Å². The van der Waals surface area contributed by atoms with Gasteiger partial charge in [-0.15, -0.1) is 11.3 Å². The molecule has 26 heavy (non-hydrogen) atoms. The van der Waals surface area contributed by atoms with Crippen LogP contribution in [0.4, 0.5) is 0 Å². The number of carbonyl (C=O) groups excluding carboxylic acids is 2. The summed E-state index contributed by atoms with van der Waals surface area (Å²) in [5, 5.41) is 0.744. The van der Waals surface area contributed by atoms with E-state index in [9.17, 15) is 9.59 Å². The molecule has 3 aromatic heterocycles. The van der Waals surface area contributed by atoms with Crippen LogP contribution in [0.3, 0.4) is 0 Å². The van der Waals surface area contributed by atoms with Crippen molar-refractivity contribution in [3.8, 4) is 10.7 Å². The molecule has 1 amide bonds. The first-order valence-electron chi connectivity index (χ1n) is 8.27. The Hall–Kier alpha value is -2.93. The molecule has 0 saturated carbocycles. The maximum Gasteiger partial charge on any atom is 0.266 e. The Morgan fingerprint density at radius 2 is 2.19 bits per heavy atom. The number of aromatic nitrogens is 3. The molecule has 0 aliphatic carbocycles. The van der Waals surface area contributed by atoms with Crippen molar-refractivity contribution < 1.29 is 9.59 Å². The molecule has 4 heterocycles. The van der Waals surface area contributed by atoms with Crippen molar-refractivity contribution in [2.45, 2.75) is 19.9 Å². The van der Waals surface area contributed by atoms with Gasteiger partial charge in [-0.25, -0.2) is 4.98 Å². The van der Waals surface area contributed by atoms with Crippen LogP contribution in [-0.4, -0.2) is 38.6 Å². The van der Waals surface area contributed by atoms with E-state index in [0.29, 0.717) is 35.6 Å². The third kappa shape index (κ3) is 3.01. The number of fused-ring (bicyclic) bond motifs is 1. The lowest BCUT2D eigenvalue weighted by Gasteiger charge is -2.28. The van der Waals surface area contributed by atoms with Crippen LogP contribution in [-0.2, 0) is 13.0 Å². The Morgan fingerprint density at radius 3 is 2.96 bits per heavy atom. The van der Waals surface area contributed by atoms with Crippen LogP contribution >= 0.6 is 11.3 Å². The van der Waals surface area contributed by atoms with Crippen LogP contribution in [0.2, 0.25) is 0 Å². The van der Waals surface area contributed by atoms with Gasteiger partial charge in [0.25, 0.3) is 5.91 Å². The molecule has 0 bridgehead atoms. The lowest BCUT2D eigenvalue weighted by molar-refractivity contribution is 0.0737. The number of rotatable bonds is 3. The van der Waals surface area contributed by atoms with Gasteiger partial charge in [-0.3, -0.25) is 19.6 Å². The zero-order chi connectivity index (χ0) is 18.1. The number of aldehydes is 1. The zero-order valence-electron chi connectivity index (χ0n) is 14.2. The van der Waals surface area contributed by atoms with Crippen LogP contribution in [0.25, 0.3) is 10.7 Å². The summed E-state index contributed by atoms with van der Waals surface area (Å²) in [6.07, 6.45) is 4.76. The molecule has 0 spiro atoms. The van der Waals surface area contributed by atoms with E-state index in [1.165, 1.54) is 11.3 Å². The average molecular weight is 364 g/mol. The van der Waals surface area contributed by atoms with E-state index >= 15 is 0 Å². The summed E-state index contributed by atoms with van der Waals surface area (Å²) >= 11 is 1.37.